The first-order chi connectivity index (χ1) is 7.99. The average Bonchev–Trinajstić information content (AvgIpc) is 2.26. The summed E-state index contributed by atoms with van der Waals surface area (Å²) in [5.41, 5.74) is 0. The van der Waals surface area contributed by atoms with Crippen molar-refractivity contribution in [2.24, 2.45) is 11.8 Å². The van der Waals surface area contributed by atoms with Crippen molar-refractivity contribution in [3.05, 3.63) is 0 Å². The predicted octanol–water partition coefficient (Wildman–Crippen LogP) is 0.851. The Kier molecular flexibility index (Phi) is 5.92. The van der Waals surface area contributed by atoms with Gasteiger partial charge < -0.3 is 15.3 Å². The number of aliphatic hydroxyl groups is 1. The number of nitrogens with one attached hydrogen (secondary N) is 1. The quantitative estimate of drug-likeness (QED) is 0.751. The van der Waals surface area contributed by atoms with E-state index in [1.54, 1.807) is 6.92 Å². The topological polar surface area (TPSA) is 52.6 Å². The van der Waals surface area contributed by atoms with Gasteiger partial charge in [-0.3, -0.25) is 4.79 Å². The van der Waals surface area contributed by atoms with Crippen LogP contribution in [0.2, 0.25) is 0 Å². The Morgan fingerprint density at radius 1 is 1.35 bits per heavy atom. The van der Waals surface area contributed by atoms with E-state index in [2.05, 4.69) is 24.3 Å². The third-order valence-electron chi connectivity index (χ3n) is 3.41. The summed E-state index contributed by atoms with van der Waals surface area (Å²) in [5, 5.41) is 11.9. The van der Waals surface area contributed by atoms with Crippen LogP contribution in [0.25, 0.3) is 0 Å². The van der Waals surface area contributed by atoms with Crippen molar-refractivity contribution in [1.29, 1.82) is 0 Å². The minimum Gasteiger partial charge on any atom is -0.392 e. The number of hydrogen-bond donors (Lipinski definition) is 2. The van der Waals surface area contributed by atoms with Crippen molar-refractivity contribution in [3.63, 3.8) is 0 Å². The number of hydrogen-bond acceptors (Lipinski definition) is 3. The van der Waals surface area contributed by atoms with Crippen molar-refractivity contribution >= 4 is 5.91 Å². The van der Waals surface area contributed by atoms with E-state index in [1.165, 1.54) is 0 Å². The fraction of sp³-hybridized carbons (Fsp3) is 0.923. The molecule has 1 unspecified atom stereocenters. The molecule has 1 amide bonds. The summed E-state index contributed by atoms with van der Waals surface area (Å²) in [6.07, 6.45) is 3.81. The lowest BCUT2D eigenvalue weighted by atomic mass is 9.81. The highest BCUT2D eigenvalue weighted by Crippen LogP contribution is 2.29. The molecule has 4 nitrogen and oxygen atoms in total. The van der Waals surface area contributed by atoms with E-state index in [-0.39, 0.29) is 11.8 Å². The lowest BCUT2D eigenvalue weighted by molar-refractivity contribution is -0.126. The molecule has 1 aliphatic carbocycles. The minimum atomic E-state index is -0.455. The summed E-state index contributed by atoms with van der Waals surface area (Å²) >= 11 is 0. The molecule has 0 radical (unpaired) electrons. The summed E-state index contributed by atoms with van der Waals surface area (Å²) in [4.78, 5) is 14.0. The highest BCUT2D eigenvalue weighted by molar-refractivity contribution is 5.78. The molecular weight excluding hydrogens is 216 g/mol. The molecule has 0 heterocycles. The number of amides is 1. The zero-order valence-corrected chi connectivity index (χ0v) is 11.3. The maximum absolute atomic E-state index is 11.8. The van der Waals surface area contributed by atoms with E-state index in [0.717, 1.165) is 38.1 Å². The van der Waals surface area contributed by atoms with E-state index >= 15 is 0 Å². The minimum absolute atomic E-state index is 0.120. The third kappa shape index (κ3) is 5.50. The maximum atomic E-state index is 11.8. The monoisotopic (exact) mass is 242 g/mol. The second kappa shape index (κ2) is 6.97. The second-order valence-electron chi connectivity index (χ2n) is 5.57. The number of nitrogens with zero attached hydrogens (tertiary/aromatic N) is 1. The van der Waals surface area contributed by atoms with Gasteiger partial charge in [-0.2, -0.15) is 0 Å². The SMILES string of the molecule is CC(O)CNC(=O)C1CCC(CN(C)C)CC1. The Bertz CT molecular complexity index is 234. The molecule has 1 fully saturated rings. The first kappa shape index (κ1) is 14.5. The number of carbonyl (C=O) groups is 1. The lowest BCUT2D eigenvalue weighted by Crippen LogP contribution is -2.37. The van der Waals surface area contributed by atoms with Crippen molar-refractivity contribution in [3.8, 4) is 0 Å². The van der Waals surface area contributed by atoms with Crippen LogP contribution in [0.1, 0.15) is 32.6 Å². The molecular formula is C13H26N2O2. The summed E-state index contributed by atoms with van der Waals surface area (Å²) in [7, 11) is 4.20. The summed E-state index contributed by atoms with van der Waals surface area (Å²) < 4.78 is 0. The maximum Gasteiger partial charge on any atom is 0.223 e. The molecule has 1 rings (SSSR count). The van der Waals surface area contributed by atoms with Gasteiger partial charge in [0.1, 0.15) is 0 Å². The van der Waals surface area contributed by atoms with E-state index in [1.807, 2.05) is 0 Å². The highest BCUT2D eigenvalue weighted by atomic mass is 16.3. The van der Waals surface area contributed by atoms with Gasteiger partial charge in [0, 0.05) is 19.0 Å². The Balaban J connectivity index is 2.24. The van der Waals surface area contributed by atoms with Gasteiger partial charge in [0.05, 0.1) is 6.10 Å². The molecule has 1 atom stereocenters. The molecule has 17 heavy (non-hydrogen) atoms. The lowest BCUT2D eigenvalue weighted by Gasteiger charge is -2.29. The van der Waals surface area contributed by atoms with Gasteiger partial charge in [-0.1, -0.05) is 0 Å². The molecule has 100 valence electrons. The normalized spacial score (nSPS) is 26.9. The van der Waals surface area contributed by atoms with Crippen LogP contribution in [0.5, 0.6) is 0 Å². The molecule has 1 aliphatic rings. The zero-order chi connectivity index (χ0) is 12.8. The molecule has 0 aromatic heterocycles. The molecule has 2 N–H and O–H groups in total. The predicted molar refractivity (Wildman–Crippen MR) is 68.7 cm³/mol. The van der Waals surface area contributed by atoms with E-state index < -0.39 is 6.10 Å². The van der Waals surface area contributed by atoms with Crippen LogP contribution in [0.15, 0.2) is 0 Å². The van der Waals surface area contributed by atoms with Crippen molar-refractivity contribution < 1.29 is 9.90 Å². The standard InChI is InChI=1S/C13H26N2O2/c1-10(16)8-14-13(17)12-6-4-11(5-7-12)9-15(2)3/h10-12,16H,4-9H2,1-3H3,(H,14,17). The van der Waals surface area contributed by atoms with Crippen LogP contribution in [0.3, 0.4) is 0 Å². The van der Waals surface area contributed by atoms with Crippen LogP contribution < -0.4 is 5.32 Å². The van der Waals surface area contributed by atoms with Crippen LogP contribution in [0, 0.1) is 11.8 Å². The molecule has 0 spiro atoms. The van der Waals surface area contributed by atoms with Gasteiger partial charge in [0.25, 0.3) is 0 Å². The van der Waals surface area contributed by atoms with Crippen LogP contribution in [0.4, 0.5) is 0 Å². The van der Waals surface area contributed by atoms with Gasteiger partial charge in [-0.25, -0.2) is 0 Å². The molecule has 4 heteroatoms. The van der Waals surface area contributed by atoms with Crippen LogP contribution >= 0.6 is 0 Å². The first-order valence-electron chi connectivity index (χ1n) is 6.59. The largest absolute Gasteiger partial charge is 0.392 e. The molecule has 0 bridgehead atoms. The Labute approximate surface area is 104 Å². The highest BCUT2D eigenvalue weighted by Gasteiger charge is 2.26. The molecule has 0 saturated heterocycles. The molecule has 1 saturated carbocycles. The van der Waals surface area contributed by atoms with Crippen molar-refractivity contribution in [1.82, 2.24) is 10.2 Å². The number of rotatable bonds is 5. The average molecular weight is 242 g/mol. The van der Waals surface area contributed by atoms with Gasteiger partial charge in [0.15, 0.2) is 0 Å². The number of aliphatic hydroxyl groups excluding tert-OH is 1. The summed E-state index contributed by atoms with van der Waals surface area (Å²) in [6, 6.07) is 0. The van der Waals surface area contributed by atoms with Gasteiger partial charge >= 0.3 is 0 Å². The van der Waals surface area contributed by atoms with Crippen LogP contribution in [-0.2, 0) is 4.79 Å². The first-order valence-corrected chi connectivity index (χ1v) is 6.59. The van der Waals surface area contributed by atoms with Gasteiger partial charge in [-0.15, -0.1) is 0 Å². The van der Waals surface area contributed by atoms with E-state index in [9.17, 15) is 4.79 Å². The van der Waals surface area contributed by atoms with Gasteiger partial charge in [0.2, 0.25) is 5.91 Å². The van der Waals surface area contributed by atoms with E-state index in [4.69, 9.17) is 5.11 Å². The molecule has 0 aromatic rings. The second-order valence-corrected chi connectivity index (χ2v) is 5.57. The summed E-state index contributed by atoms with van der Waals surface area (Å²) in [5.74, 6) is 1.02. The summed E-state index contributed by atoms with van der Waals surface area (Å²) in [6.45, 7) is 3.19. The van der Waals surface area contributed by atoms with Crippen LogP contribution in [-0.4, -0.2) is 49.2 Å². The van der Waals surface area contributed by atoms with Crippen molar-refractivity contribution in [2.45, 2.75) is 38.7 Å². The molecule has 0 aliphatic heterocycles. The smallest absolute Gasteiger partial charge is 0.223 e. The number of carbonyl (C=O) groups excluding carboxylic acids is 1. The Morgan fingerprint density at radius 2 is 1.94 bits per heavy atom. The van der Waals surface area contributed by atoms with Gasteiger partial charge in [-0.05, 0) is 52.6 Å². The zero-order valence-electron chi connectivity index (χ0n) is 11.3. The molecule has 0 aromatic carbocycles. The third-order valence-corrected chi connectivity index (χ3v) is 3.41. The Morgan fingerprint density at radius 3 is 2.41 bits per heavy atom. The van der Waals surface area contributed by atoms with Crippen molar-refractivity contribution in [2.75, 3.05) is 27.2 Å². The Hall–Kier alpha value is -0.610. The fourth-order valence-corrected chi connectivity index (χ4v) is 2.52. The fourth-order valence-electron chi connectivity index (χ4n) is 2.52. The van der Waals surface area contributed by atoms with E-state index in [0.29, 0.717) is 6.54 Å².